The third-order valence-corrected chi connectivity index (χ3v) is 6.87. The van der Waals surface area contributed by atoms with Gasteiger partial charge in [0, 0.05) is 25.6 Å². The van der Waals surface area contributed by atoms with Crippen molar-refractivity contribution in [2.24, 2.45) is 10.4 Å². The molecule has 0 radical (unpaired) electrons. The number of aliphatic hydroxyl groups is 1. The number of thiazole rings is 1. The van der Waals surface area contributed by atoms with E-state index in [9.17, 15) is 19.5 Å². The Morgan fingerprint density at radius 2 is 1.78 bits per heavy atom. The number of benzene rings is 1. The number of rotatable bonds is 5. The van der Waals surface area contributed by atoms with E-state index in [4.69, 9.17) is 0 Å². The highest BCUT2D eigenvalue weighted by atomic mass is 32.1. The second-order valence-electron chi connectivity index (χ2n) is 9.78. The van der Waals surface area contributed by atoms with Crippen LogP contribution in [0.3, 0.4) is 0 Å². The maximum absolute atomic E-state index is 13.3. The molecule has 1 fully saturated rings. The number of aliphatic imine (C=N–C) groups is 1. The van der Waals surface area contributed by atoms with Crippen molar-refractivity contribution in [2.75, 3.05) is 6.54 Å². The second kappa shape index (κ2) is 12.4. The molecule has 2 heterocycles. The van der Waals surface area contributed by atoms with E-state index in [1.807, 2.05) is 71.3 Å². The van der Waals surface area contributed by atoms with Crippen LogP contribution in [0.4, 0.5) is 0 Å². The molecule has 0 spiro atoms. The summed E-state index contributed by atoms with van der Waals surface area (Å²) < 4.78 is 0. The standard InChI is InChI=1S/C25H32N4O4S.C2H6/c1-14(17-7-9-18(10-8-17)21-15(2)26-13-34-21)27-23(32)20-11-19(31)12-29(20)24(33)22(25(4,5)6)28-16(3)30;1-2/h7-10,13,19-20,22,31H,11-12H2,1-6H3,(H,28,30);1-2H3/t19-,20+,22?;/m1./s1. The number of aryl methyl sites for hydroxylation is 1. The molecule has 9 heteroatoms. The van der Waals surface area contributed by atoms with Crippen LogP contribution in [-0.2, 0) is 14.4 Å². The van der Waals surface area contributed by atoms with E-state index in [1.54, 1.807) is 18.3 Å². The summed E-state index contributed by atoms with van der Waals surface area (Å²) in [5.74, 6) is -1.21. The van der Waals surface area contributed by atoms with Crippen LogP contribution in [0, 0.1) is 12.3 Å². The first kappa shape index (κ1) is 29.3. The molecule has 1 aliphatic rings. The third-order valence-electron chi connectivity index (χ3n) is 5.90. The van der Waals surface area contributed by atoms with Crippen molar-refractivity contribution < 1.29 is 19.5 Å². The highest BCUT2D eigenvalue weighted by Crippen LogP contribution is 2.28. The molecule has 196 valence electrons. The molecule has 8 nitrogen and oxygen atoms in total. The fourth-order valence-corrected chi connectivity index (χ4v) is 4.87. The first-order chi connectivity index (χ1) is 16.9. The highest BCUT2D eigenvalue weighted by molar-refractivity contribution is 7.13. The number of carbonyl (C=O) groups excluding carboxylic acids is 3. The Labute approximate surface area is 217 Å². The number of nitrogens with one attached hydrogen (secondary N) is 1. The normalized spacial score (nSPS) is 18.8. The minimum atomic E-state index is -0.879. The smallest absolute Gasteiger partial charge is 0.268 e. The van der Waals surface area contributed by atoms with Crippen molar-refractivity contribution in [2.45, 2.75) is 80.0 Å². The number of hydrogen-bond donors (Lipinski definition) is 2. The SMILES string of the molecule is CC.CC(=O)NC(C(=O)N1C[C@H](O)C[C@H]1C(=O)N=C(C)c1ccc(-c2scnc2C)cc1)C(C)(C)C. The van der Waals surface area contributed by atoms with Gasteiger partial charge in [-0.3, -0.25) is 14.4 Å². The van der Waals surface area contributed by atoms with Gasteiger partial charge < -0.3 is 15.3 Å². The molecule has 2 aromatic rings. The summed E-state index contributed by atoms with van der Waals surface area (Å²) >= 11 is 1.57. The fourth-order valence-electron chi connectivity index (χ4n) is 4.06. The van der Waals surface area contributed by atoms with Gasteiger partial charge in [-0.15, -0.1) is 11.3 Å². The predicted molar refractivity (Wildman–Crippen MR) is 144 cm³/mol. The van der Waals surface area contributed by atoms with Crippen molar-refractivity contribution in [3.8, 4) is 10.4 Å². The molecule has 0 aliphatic carbocycles. The molecule has 3 amide bonds. The number of amides is 3. The number of β-amino-alcohol motifs (C(OH)–C–C–N with tert-alkyl or cyclic N) is 1. The Hall–Kier alpha value is -2.91. The number of nitrogens with zero attached hydrogens (tertiary/aromatic N) is 3. The maximum Gasteiger partial charge on any atom is 0.268 e. The van der Waals surface area contributed by atoms with Crippen LogP contribution >= 0.6 is 11.3 Å². The molecule has 1 saturated heterocycles. The van der Waals surface area contributed by atoms with Gasteiger partial charge in [0.25, 0.3) is 5.91 Å². The summed E-state index contributed by atoms with van der Waals surface area (Å²) in [6.07, 6.45) is -0.713. The summed E-state index contributed by atoms with van der Waals surface area (Å²) in [5.41, 5.74) is 4.58. The molecule has 0 bridgehead atoms. The Morgan fingerprint density at radius 3 is 2.28 bits per heavy atom. The Bertz CT molecular complexity index is 1100. The molecule has 1 aliphatic heterocycles. The van der Waals surface area contributed by atoms with E-state index in [0.717, 1.165) is 21.7 Å². The van der Waals surface area contributed by atoms with Gasteiger partial charge in [-0.1, -0.05) is 58.9 Å². The molecular weight excluding hydrogens is 476 g/mol. The minimum absolute atomic E-state index is 0.0267. The van der Waals surface area contributed by atoms with E-state index in [0.29, 0.717) is 5.71 Å². The van der Waals surface area contributed by atoms with Crippen molar-refractivity contribution in [1.82, 2.24) is 15.2 Å². The zero-order chi connectivity index (χ0) is 27.2. The molecule has 1 aromatic carbocycles. The average molecular weight is 515 g/mol. The fraction of sp³-hybridized carbons (Fsp3) is 0.519. The molecule has 1 unspecified atom stereocenters. The van der Waals surface area contributed by atoms with Gasteiger partial charge >= 0.3 is 0 Å². The lowest BCUT2D eigenvalue weighted by Crippen LogP contribution is -2.56. The lowest BCUT2D eigenvalue weighted by molar-refractivity contribution is -0.143. The first-order valence-corrected chi connectivity index (χ1v) is 13.1. The van der Waals surface area contributed by atoms with Gasteiger partial charge in [-0.05, 0) is 30.4 Å². The van der Waals surface area contributed by atoms with Gasteiger partial charge in [0.15, 0.2) is 0 Å². The second-order valence-corrected chi connectivity index (χ2v) is 10.6. The Balaban J connectivity index is 0.00000222. The van der Waals surface area contributed by atoms with Crippen molar-refractivity contribution >= 4 is 34.8 Å². The Morgan fingerprint density at radius 1 is 1.17 bits per heavy atom. The Kier molecular flexibility index (Phi) is 10.1. The van der Waals surface area contributed by atoms with Gasteiger partial charge in [0.1, 0.15) is 12.1 Å². The van der Waals surface area contributed by atoms with Crippen molar-refractivity contribution in [3.05, 3.63) is 41.0 Å². The quantitative estimate of drug-likeness (QED) is 0.586. The zero-order valence-electron chi connectivity index (χ0n) is 22.5. The van der Waals surface area contributed by atoms with Gasteiger partial charge in [0.2, 0.25) is 11.8 Å². The summed E-state index contributed by atoms with van der Waals surface area (Å²) in [7, 11) is 0. The van der Waals surface area contributed by atoms with Gasteiger partial charge in [-0.25, -0.2) is 9.98 Å². The summed E-state index contributed by atoms with van der Waals surface area (Å²) in [6.45, 7) is 14.6. The zero-order valence-corrected chi connectivity index (χ0v) is 23.3. The van der Waals surface area contributed by atoms with E-state index >= 15 is 0 Å². The predicted octanol–water partition coefficient (Wildman–Crippen LogP) is 3.99. The summed E-state index contributed by atoms with van der Waals surface area (Å²) in [6, 6.07) is 6.04. The number of aliphatic hydroxyl groups excluding tert-OH is 1. The molecule has 2 N–H and O–H groups in total. The third kappa shape index (κ3) is 7.07. The van der Waals surface area contributed by atoms with E-state index < -0.39 is 35.4 Å². The first-order valence-electron chi connectivity index (χ1n) is 12.2. The number of aromatic nitrogens is 1. The molecular formula is C27H38N4O4S. The van der Waals surface area contributed by atoms with Crippen LogP contribution < -0.4 is 5.32 Å². The van der Waals surface area contributed by atoms with Gasteiger partial charge in [0.05, 0.1) is 22.2 Å². The van der Waals surface area contributed by atoms with Crippen LogP contribution in [0.25, 0.3) is 10.4 Å². The molecule has 36 heavy (non-hydrogen) atoms. The molecule has 1 aromatic heterocycles. The van der Waals surface area contributed by atoms with Gasteiger partial charge in [-0.2, -0.15) is 0 Å². The minimum Gasteiger partial charge on any atom is -0.391 e. The average Bonchev–Trinajstić information content (AvgIpc) is 3.43. The maximum atomic E-state index is 13.3. The molecule has 3 rings (SSSR count). The molecule has 0 saturated carbocycles. The van der Waals surface area contributed by atoms with Crippen molar-refractivity contribution in [3.63, 3.8) is 0 Å². The summed E-state index contributed by atoms with van der Waals surface area (Å²) in [5, 5.41) is 12.9. The van der Waals surface area contributed by atoms with Crippen LogP contribution in [0.2, 0.25) is 0 Å². The lowest BCUT2D eigenvalue weighted by atomic mass is 9.85. The largest absolute Gasteiger partial charge is 0.391 e. The number of likely N-dealkylation sites (tertiary alicyclic amines) is 1. The van der Waals surface area contributed by atoms with Crippen molar-refractivity contribution in [1.29, 1.82) is 0 Å². The van der Waals surface area contributed by atoms with E-state index in [-0.39, 0.29) is 18.9 Å². The summed E-state index contributed by atoms with van der Waals surface area (Å²) in [4.78, 5) is 49.1. The van der Waals surface area contributed by atoms with E-state index in [1.165, 1.54) is 11.8 Å². The lowest BCUT2D eigenvalue weighted by Gasteiger charge is -2.34. The monoisotopic (exact) mass is 514 g/mol. The number of hydrogen-bond acceptors (Lipinski definition) is 6. The van der Waals surface area contributed by atoms with Crippen LogP contribution in [0.5, 0.6) is 0 Å². The highest BCUT2D eigenvalue weighted by Gasteiger charge is 2.44. The number of carbonyl (C=O) groups is 3. The molecule has 3 atom stereocenters. The van der Waals surface area contributed by atoms with Crippen LogP contribution in [0.15, 0.2) is 34.8 Å². The van der Waals surface area contributed by atoms with E-state index in [2.05, 4.69) is 15.3 Å². The van der Waals surface area contributed by atoms with Crippen LogP contribution in [0.1, 0.15) is 66.1 Å². The van der Waals surface area contributed by atoms with Crippen LogP contribution in [-0.4, -0.2) is 63.2 Å². The topological polar surface area (TPSA) is 112 Å².